The van der Waals surface area contributed by atoms with Crippen LogP contribution in [0.2, 0.25) is 0 Å². The van der Waals surface area contributed by atoms with Gasteiger partial charge in [-0.15, -0.1) is 0 Å². The average molecular weight is 427 g/mol. The van der Waals surface area contributed by atoms with Crippen molar-refractivity contribution in [3.05, 3.63) is 53.6 Å². The van der Waals surface area contributed by atoms with Gasteiger partial charge in [-0.2, -0.15) is 0 Å². The summed E-state index contributed by atoms with van der Waals surface area (Å²) >= 11 is 0. The number of hydrogen-bond acceptors (Lipinski definition) is 6. The number of likely N-dealkylation sites (tertiary alicyclic amines) is 1. The molecule has 2 aliphatic heterocycles. The molecule has 0 spiro atoms. The van der Waals surface area contributed by atoms with E-state index in [2.05, 4.69) is 10.2 Å². The Morgan fingerprint density at radius 3 is 2.84 bits per heavy atom. The van der Waals surface area contributed by atoms with E-state index in [1.54, 1.807) is 0 Å². The van der Waals surface area contributed by atoms with Crippen LogP contribution in [0.5, 0.6) is 17.2 Å². The zero-order valence-corrected chi connectivity index (χ0v) is 17.9. The Morgan fingerprint density at radius 1 is 1.16 bits per heavy atom. The maximum absolute atomic E-state index is 12.5. The molecule has 1 saturated heterocycles. The van der Waals surface area contributed by atoms with Gasteiger partial charge in [0.2, 0.25) is 12.7 Å². The number of aryl methyl sites for hydroxylation is 1. The summed E-state index contributed by atoms with van der Waals surface area (Å²) in [7, 11) is 0. The average Bonchev–Trinajstić information content (AvgIpc) is 3.18. The number of aliphatic hydroxyl groups is 1. The van der Waals surface area contributed by atoms with E-state index in [4.69, 9.17) is 14.2 Å². The number of hydrogen-bond donors (Lipinski definition) is 2. The summed E-state index contributed by atoms with van der Waals surface area (Å²) in [5.74, 6) is 2.14. The topological polar surface area (TPSA) is 80.3 Å². The molecule has 2 N–H and O–H groups in total. The van der Waals surface area contributed by atoms with Crippen molar-refractivity contribution in [2.75, 3.05) is 33.0 Å². The molecule has 2 aromatic carbocycles. The lowest BCUT2D eigenvalue weighted by atomic mass is 9.96. The van der Waals surface area contributed by atoms with Crippen molar-refractivity contribution in [2.45, 2.75) is 38.3 Å². The Hall–Kier alpha value is -2.77. The predicted octanol–water partition coefficient (Wildman–Crippen LogP) is 2.64. The van der Waals surface area contributed by atoms with Crippen molar-refractivity contribution >= 4 is 5.91 Å². The maximum atomic E-state index is 12.5. The molecule has 7 nitrogen and oxygen atoms in total. The zero-order valence-electron chi connectivity index (χ0n) is 17.9. The number of nitrogens with one attached hydrogen (secondary N) is 1. The number of para-hydroxylation sites is 1. The number of fused-ring (bicyclic) bond motifs is 1. The first-order chi connectivity index (χ1) is 15.0. The number of carbonyl (C=O) groups excluding carboxylic acids is 1. The van der Waals surface area contributed by atoms with Gasteiger partial charge in [-0.1, -0.05) is 29.8 Å². The van der Waals surface area contributed by atoms with Gasteiger partial charge >= 0.3 is 0 Å². The molecule has 1 unspecified atom stereocenters. The summed E-state index contributed by atoms with van der Waals surface area (Å²) in [4.78, 5) is 14.6. The molecule has 0 radical (unpaired) electrons. The fraction of sp³-hybridized carbons (Fsp3) is 0.458. The number of carbonyl (C=O) groups is 1. The minimum Gasteiger partial charge on any atom is -0.491 e. The number of amides is 1. The molecule has 2 aliphatic rings. The van der Waals surface area contributed by atoms with Crippen molar-refractivity contribution in [1.82, 2.24) is 10.2 Å². The summed E-state index contributed by atoms with van der Waals surface area (Å²) in [5.41, 5.74) is 1.20. The standard InChI is InChI=1S/C24H30N2O5/c1-18-6-8-20(9-7-18)29-16-24(28)10-3-12-26(13-11-24)15-22(27)25-14-19-4-2-5-21-23(19)31-17-30-21/h2,4-9,28H,3,10-17H2,1H3,(H,25,27). The van der Waals surface area contributed by atoms with Crippen molar-refractivity contribution in [1.29, 1.82) is 0 Å². The van der Waals surface area contributed by atoms with Crippen LogP contribution in [0.4, 0.5) is 0 Å². The highest BCUT2D eigenvalue weighted by atomic mass is 16.7. The summed E-state index contributed by atoms with van der Waals surface area (Å²) in [6.45, 7) is 4.63. The molecule has 0 bridgehead atoms. The van der Waals surface area contributed by atoms with Crippen LogP contribution in [0.15, 0.2) is 42.5 Å². The Balaban J connectivity index is 1.23. The van der Waals surface area contributed by atoms with Gasteiger partial charge in [-0.25, -0.2) is 0 Å². The number of ether oxygens (including phenoxy) is 3. The third-order valence-electron chi connectivity index (χ3n) is 5.86. The second-order valence-corrected chi connectivity index (χ2v) is 8.38. The summed E-state index contributed by atoms with van der Waals surface area (Å²) < 4.78 is 16.7. The van der Waals surface area contributed by atoms with E-state index >= 15 is 0 Å². The Labute approximate surface area is 182 Å². The van der Waals surface area contributed by atoms with Gasteiger partial charge in [0.1, 0.15) is 12.4 Å². The molecule has 31 heavy (non-hydrogen) atoms. The molecule has 166 valence electrons. The summed E-state index contributed by atoms with van der Waals surface area (Å²) in [6, 6.07) is 13.5. The molecule has 0 saturated carbocycles. The molecule has 2 aromatic rings. The molecule has 0 aliphatic carbocycles. The van der Waals surface area contributed by atoms with Crippen LogP contribution in [0.25, 0.3) is 0 Å². The zero-order chi connectivity index (χ0) is 21.7. The molecular weight excluding hydrogens is 396 g/mol. The summed E-state index contributed by atoms with van der Waals surface area (Å²) in [5, 5.41) is 13.9. The van der Waals surface area contributed by atoms with E-state index in [0.29, 0.717) is 44.0 Å². The molecule has 0 aromatic heterocycles. The minimum atomic E-state index is -0.877. The van der Waals surface area contributed by atoms with Crippen molar-refractivity contribution in [3.63, 3.8) is 0 Å². The SMILES string of the molecule is Cc1ccc(OCC2(O)CCCN(CC(=O)NCc3cccc4c3OCO4)CC2)cc1. The normalized spacial score (nSPS) is 20.8. The van der Waals surface area contributed by atoms with Gasteiger partial charge in [-0.05, 0) is 50.9 Å². The molecule has 1 fully saturated rings. The Morgan fingerprint density at radius 2 is 2.00 bits per heavy atom. The smallest absolute Gasteiger partial charge is 0.234 e. The lowest BCUT2D eigenvalue weighted by molar-refractivity contribution is -0.122. The van der Waals surface area contributed by atoms with Crippen LogP contribution in [0.3, 0.4) is 0 Å². The summed E-state index contributed by atoms with van der Waals surface area (Å²) in [6.07, 6.45) is 2.05. The highest BCUT2D eigenvalue weighted by molar-refractivity contribution is 5.78. The quantitative estimate of drug-likeness (QED) is 0.709. The van der Waals surface area contributed by atoms with Gasteiger partial charge in [0.15, 0.2) is 11.5 Å². The Kier molecular flexibility index (Phi) is 6.63. The molecular formula is C24H30N2O5. The third-order valence-corrected chi connectivity index (χ3v) is 5.86. The largest absolute Gasteiger partial charge is 0.491 e. The monoisotopic (exact) mass is 426 g/mol. The van der Waals surface area contributed by atoms with Crippen LogP contribution in [-0.4, -0.2) is 54.5 Å². The van der Waals surface area contributed by atoms with Crippen LogP contribution in [-0.2, 0) is 11.3 Å². The first-order valence-electron chi connectivity index (χ1n) is 10.8. The van der Waals surface area contributed by atoms with Crippen LogP contribution < -0.4 is 19.5 Å². The fourth-order valence-electron chi connectivity index (χ4n) is 3.97. The lowest BCUT2D eigenvalue weighted by Crippen LogP contribution is -2.40. The molecule has 2 heterocycles. The van der Waals surface area contributed by atoms with Crippen molar-refractivity contribution in [2.24, 2.45) is 0 Å². The van der Waals surface area contributed by atoms with Crippen LogP contribution in [0.1, 0.15) is 30.4 Å². The number of nitrogens with zero attached hydrogens (tertiary/aromatic N) is 1. The predicted molar refractivity (Wildman–Crippen MR) is 116 cm³/mol. The van der Waals surface area contributed by atoms with Crippen molar-refractivity contribution < 1.29 is 24.1 Å². The lowest BCUT2D eigenvalue weighted by Gasteiger charge is -2.27. The van der Waals surface area contributed by atoms with Crippen molar-refractivity contribution in [3.8, 4) is 17.2 Å². The number of rotatable bonds is 7. The second kappa shape index (κ2) is 9.58. The first-order valence-corrected chi connectivity index (χ1v) is 10.8. The molecule has 1 atom stereocenters. The maximum Gasteiger partial charge on any atom is 0.234 e. The highest BCUT2D eigenvalue weighted by Crippen LogP contribution is 2.35. The Bertz CT molecular complexity index is 901. The van der Waals surface area contributed by atoms with E-state index in [-0.39, 0.29) is 19.3 Å². The number of benzene rings is 2. The molecule has 7 heteroatoms. The van der Waals surface area contributed by atoms with Gasteiger partial charge in [0, 0.05) is 18.7 Å². The fourth-order valence-corrected chi connectivity index (χ4v) is 3.97. The minimum absolute atomic E-state index is 0.0436. The van der Waals surface area contributed by atoms with Crippen LogP contribution >= 0.6 is 0 Å². The van der Waals surface area contributed by atoms with E-state index in [9.17, 15) is 9.90 Å². The highest BCUT2D eigenvalue weighted by Gasteiger charge is 2.31. The molecule has 4 rings (SSSR count). The second-order valence-electron chi connectivity index (χ2n) is 8.38. The van der Waals surface area contributed by atoms with Gasteiger partial charge in [0.05, 0.1) is 12.1 Å². The van der Waals surface area contributed by atoms with Gasteiger partial charge in [0.25, 0.3) is 0 Å². The first kappa shape index (κ1) is 21.5. The van der Waals surface area contributed by atoms with E-state index in [1.165, 1.54) is 5.56 Å². The van der Waals surface area contributed by atoms with Crippen LogP contribution in [0, 0.1) is 6.92 Å². The third kappa shape index (κ3) is 5.68. The molecule has 1 amide bonds. The van der Waals surface area contributed by atoms with E-state index < -0.39 is 5.60 Å². The van der Waals surface area contributed by atoms with Gasteiger partial charge < -0.3 is 24.6 Å². The van der Waals surface area contributed by atoms with E-state index in [1.807, 2.05) is 49.4 Å². The van der Waals surface area contributed by atoms with Gasteiger partial charge in [-0.3, -0.25) is 9.69 Å². The van der Waals surface area contributed by atoms with E-state index in [0.717, 1.165) is 24.3 Å².